The normalized spacial score (nSPS) is 37.8. The molecule has 0 spiro atoms. The average molecular weight is 260 g/mol. The molecule has 0 aromatic rings. The summed E-state index contributed by atoms with van der Waals surface area (Å²) >= 11 is 1.73. The lowest BCUT2D eigenvalue weighted by atomic mass is 9.83. The molecule has 3 nitrogen and oxygen atoms in total. The van der Waals surface area contributed by atoms with E-state index in [4.69, 9.17) is 9.47 Å². The van der Waals surface area contributed by atoms with Gasteiger partial charge >= 0.3 is 5.97 Å². The molecule has 5 atom stereocenters. The molecule has 0 radical (unpaired) electrons. The number of rotatable bonds is 4. The monoisotopic (exact) mass is 260 g/mol. The van der Waals surface area contributed by atoms with Crippen molar-refractivity contribution in [3.63, 3.8) is 0 Å². The summed E-state index contributed by atoms with van der Waals surface area (Å²) in [6.07, 6.45) is 1.18. The molecule has 0 aromatic carbocycles. The quantitative estimate of drug-likeness (QED) is 0.728. The molecule has 1 aliphatic rings. The molecule has 1 fully saturated rings. The predicted molar refractivity (Wildman–Crippen MR) is 71.0 cm³/mol. The van der Waals surface area contributed by atoms with Gasteiger partial charge in [0.15, 0.2) is 0 Å². The summed E-state index contributed by atoms with van der Waals surface area (Å²) < 4.78 is 11.5. The first-order valence-corrected chi connectivity index (χ1v) is 7.50. The standard InChI is InChI=1S/C13H24O3S/c1-6-11-8(3)9(4)12(15-10(5)14)13(16-11)17-7-2/h8-9,11-13H,6-7H2,1-5H3/t8-,9-,11?,12?,13-/m0/s1. The third kappa shape index (κ3) is 3.62. The zero-order valence-electron chi connectivity index (χ0n) is 11.4. The first kappa shape index (κ1) is 14.8. The third-order valence-corrected chi connectivity index (χ3v) is 4.59. The van der Waals surface area contributed by atoms with Gasteiger partial charge in [-0.15, -0.1) is 11.8 Å². The van der Waals surface area contributed by atoms with Crippen LogP contribution in [0.3, 0.4) is 0 Å². The molecule has 0 bridgehead atoms. The van der Waals surface area contributed by atoms with Crippen LogP contribution in [-0.2, 0) is 14.3 Å². The van der Waals surface area contributed by atoms with Crippen molar-refractivity contribution in [2.24, 2.45) is 11.8 Å². The zero-order valence-corrected chi connectivity index (χ0v) is 12.3. The Kier molecular flexibility index (Phi) is 5.80. The average Bonchev–Trinajstić information content (AvgIpc) is 2.28. The van der Waals surface area contributed by atoms with Crippen molar-refractivity contribution in [1.29, 1.82) is 0 Å². The number of hydrogen-bond acceptors (Lipinski definition) is 4. The molecule has 0 N–H and O–H groups in total. The lowest BCUT2D eigenvalue weighted by Crippen LogP contribution is -2.49. The van der Waals surface area contributed by atoms with Crippen LogP contribution in [0.5, 0.6) is 0 Å². The number of thioether (sulfide) groups is 1. The Morgan fingerprint density at radius 3 is 2.41 bits per heavy atom. The number of ether oxygens (including phenoxy) is 2. The highest BCUT2D eigenvalue weighted by Crippen LogP contribution is 2.38. The van der Waals surface area contributed by atoms with Crippen molar-refractivity contribution < 1.29 is 14.3 Å². The summed E-state index contributed by atoms with van der Waals surface area (Å²) in [5.41, 5.74) is -0.0138. The Morgan fingerprint density at radius 2 is 1.94 bits per heavy atom. The van der Waals surface area contributed by atoms with E-state index in [1.807, 2.05) is 0 Å². The van der Waals surface area contributed by atoms with Crippen LogP contribution in [0.25, 0.3) is 0 Å². The van der Waals surface area contributed by atoms with E-state index in [-0.39, 0.29) is 23.6 Å². The van der Waals surface area contributed by atoms with Gasteiger partial charge in [0.2, 0.25) is 0 Å². The van der Waals surface area contributed by atoms with Gasteiger partial charge in [0, 0.05) is 12.8 Å². The van der Waals surface area contributed by atoms with Crippen LogP contribution in [0.15, 0.2) is 0 Å². The van der Waals surface area contributed by atoms with Gasteiger partial charge in [0.25, 0.3) is 0 Å². The SMILES string of the molecule is CCS[C@@H]1OC(CC)[C@@H](C)[C@H](C)C1OC(C)=O. The van der Waals surface area contributed by atoms with Gasteiger partial charge in [-0.3, -0.25) is 4.79 Å². The number of hydrogen-bond donors (Lipinski definition) is 0. The van der Waals surface area contributed by atoms with Crippen LogP contribution < -0.4 is 0 Å². The van der Waals surface area contributed by atoms with Crippen molar-refractivity contribution in [3.8, 4) is 0 Å². The maximum Gasteiger partial charge on any atom is 0.303 e. The fourth-order valence-electron chi connectivity index (χ4n) is 2.38. The summed E-state index contributed by atoms with van der Waals surface area (Å²) in [6.45, 7) is 10.1. The summed E-state index contributed by atoms with van der Waals surface area (Å²) in [5.74, 6) is 1.54. The Hall–Kier alpha value is -0.220. The fourth-order valence-corrected chi connectivity index (χ4v) is 3.42. The van der Waals surface area contributed by atoms with Gasteiger partial charge in [0.1, 0.15) is 11.5 Å². The molecule has 0 aromatic heterocycles. The maximum atomic E-state index is 11.2. The zero-order chi connectivity index (χ0) is 13.0. The number of carbonyl (C=O) groups excluding carboxylic acids is 1. The first-order chi connectivity index (χ1) is 8.01. The Bertz CT molecular complexity index is 257. The van der Waals surface area contributed by atoms with E-state index in [9.17, 15) is 4.79 Å². The topological polar surface area (TPSA) is 35.5 Å². The minimum absolute atomic E-state index is 0.0138. The summed E-state index contributed by atoms with van der Waals surface area (Å²) in [4.78, 5) is 11.2. The Labute approximate surface area is 109 Å². The summed E-state index contributed by atoms with van der Waals surface area (Å²) in [5, 5.41) is 0. The first-order valence-electron chi connectivity index (χ1n) is 6.45. The lowest BCUT2D eigenvalue weighted by molar-refractivity contribution is -0.176. The molecule has 4 heteroatoms. The molecule has 100 valence electrons. The molecule has 1 aliphatic heterocycles. The van der Waals surface area contributed by atoms with Crippen LogP contribution >= 0.6 is 11.8 Å². The maximum absolute atomic E-state index is 11.2. The highest BCUT2D eigenvalue weighted by Gasteiger charge is 2.42. The Morgan fingerprint density at radius 1 is 1.29 bits per heavy atom. The van der Waals surface area contributed by atoms with Gasteiger partial charge < -0.3 is 9.47 Å². The molecule has 0 amide bonds. The highest BCUT2D eigenvalue weighted by atomic mass is 32.2. The van der Waals surface area contributed by atoms with Gasteiger partial charge in [0.05, 0.1) is 6.10 Å². The van der Waals surface area contributed by atoms with Crippen LogP contribution in [-0.4, -0.2) is 29.4 Å². The molecular weight excluding hydrogens is 236 g/mol. The molecule has 1 rings (SSSR count). The van der Waals surface area contributed by atoms with E-state index in [1.165, 1.54) is 6.92 Å². The second-order valence-electron chi connectivity index (χ2n) is 4.70. The van der Waals surface area contributed by atoms with Crippen molar-refractivity contribution in [3.05, 3.63) is 0 Å². The second kappa shape index (κ2) is 6.64. The van der Waals surface area contributed by atoms with E-state index in [1.54, 1.807) is 11.8 Å². The molecule has 0 aliphatic carbocycles. The van der Waals surface area contributed by atoms with Gasteiger partial charge in [-0.25, -0.2) is 0 Å². The molecule has 1 saturated heterocycles. The van der Waals surface area contributed by atoms with Crippen LogP contribution in [0.1, 0.15) is 41.0 Å². The largest absolute Gasteiger partial charge is 0.459 e. The summed E-state index contributed by atoms with van der Waals surface area (Å²) in [7, 11) is 0. The Balaban J connectivity index is 2.78. The van der Waals surface area contributed by atoms with Crippen molar-refractivity contribution in [2.45, 2.75) is 58.7 Å². The van der Waals surface area contributed by atoms with Crippen molar-refractivity contribution in [1.82, 2.24) is 0 Å². The minimum atomic E-state index is -0.214. The van der Waals surface area contributed by atoms with E-state index in [0.29, 0.717) is 11.8 Å². The molecule has 1 heterocycles. The smallest absolute Gasteiger partial charge is 0.303 e. The van der Waals surface area contributed by atoms with E-state index < -0.39 is 0 Å². The highest BCUT2D eigenvalue weighted by molar-refractivity contribution is 7.99. The summed E-state index contributed by atoms with van der Waals surface area (Å²) in [6, 6.07) is 0. The number of esters is 1. The molecular formula is C13H24O3S. The van der Waals surface area contributed by atoms with Crippen LogP contribution in [0, 0.1) is 11.8 Å². The number of carbonyl (C=O) groups is 1. The van der Waals surface area contributed by atoms with E-state index in [0.717, 1.165) is 12.2 Å². The predicted octanol–water partition coefficient (Wildman–Crippen LogP) is 3.08. The third-order valence-electron chi connectivity index (χ3n) is 3.55. The molecule has 17 heavy (non-hydrogen) atoms. The lowest BCUT2D eigenvalue weighted by Gasteiger charge is -2.43. The molecule has 0 saturated carbocycles. The van der Waals surface area contributed by atoms with E-state index in [2.05, 4.69) is 27.7 Å². The van der Waals surface area contributed by atoms with E-state index >= 15 is 0 Å². The van der Waals surface area contributed by atoms with Gasteiger partial charge in [-0.2, -0.15) is 0 Å². The van der Waals surface area contributed by atoms with Crippen molar-refractivity contribution in [2.75, 3.05) is 5.75 Å². The van der Waals surface area contributed by atoms with Crippen molar-refractivity contribution >= 4 is 17.7 Å². The van der Waals surface area contributed by atoms with Gasteiger partial charge in [-0.1, -0.05) is 27.7 Å². The van der Waals surface area contributed by atoms with Gasteiger partial charge in [-0.05, 0) is 18.1 Å². The van der Waals surface area contributed by atoms with Crippen LogP contribution in [0.4, 0.5) is 0 Å². The fraction of sp³-hybridized carbons (Fsp3) is 0.923. The minimum Gasteiger partial charge on any atom is -0.459 e. The second-order valence-corrected chi connectivity index (χ2v) is 6.07. The molecule has 2 unspecified atom stereocenters. The van der Waals surface area contributed by atoms with Crippen LogP contribution in [0.2, 0.25) is 0 Å².